The van der Waals surface area contributed by atoms with Crippen LogP contribution in [0.15, 0.2) is 39.6 Å². The Morgan fingerprint density at radius 3 is 2.70 bits per heavy atom. The molecule has 0 N–H and O–H groups in total. The molecule has 1 saturated carbocycles. The van der Waals surface area contributed by atoms with E-state index in [2.05, 4.69) is 23.6 Å². The number of fused-ring (bicyclic) bond motifs is 2. The maximum atomic E-state index is 5.41. The van der Waals surface area contributed by atoms with Gasteiger partial charge in [0.25, 0.3) is 0 Å². The Bertz CT molecular complexity index is 625. The van der Waals surface area contributed by atoms with Gasteiger partial charge >= 0.3 is 0 Å². The van der Waals surface area contributed by atoms with Crippen LogP contribution in [0.1, 0.15) is 46.0 Å². The van der Waals surface area contributed by atoms with Crippen molar-refractivity contribution < 1.29 is 4.84 Å². The zero-order valence-corrected chi connectivity index (χ0v) is 14.4. The Kier molecular flexibility index (Phi) is 3.68. The molecule has 4 aliphatic rings. The Hall–Kier alpha value is -1.75. The number of hydrogen-bond donors (Lipinski definition) is 0. The van der Waals surface area contributed by atoms with E-state index in [1.807, 2.05) is 17.5 Å². The zero-order valence-electron chi connectivity index (χ0n) is 14.4. The second-order valence-corrected chi connectivity index (χ2v) is 6.98. The van der Waals surface area contributed by atoms with Crippen molar-refractivity contribution in [3.8, 4) is 0 Å². The number of nitrogens with zero attached hydrogens (tertiary/aromatic N) is 4. The summed E-state index contributed by atoms with van der Waals surface area (Å²) in [7, 11) is 1.72. The topological polar surface area (TPSA) is 31.3 Å². The van der Waals surface area contributed by atoms with E-state index in [0.29, 0.717) is 6.04 Å². The fourth-order valence-corrected chi connectivity index (χ4v) is 4.10. The van der Waals surface area contributed by atoms with Gasteiger partial charge in [0, 0.05) is 12.6 Å². The molecule has 0 spiro atoms. The highest BCUT2D eigenvalue weighted by Crippen LogP contribution is 2.39. The summed E-state index contributed by atoms with van der Waals surface area (Å²) in [5, 5.41) is 1.87. The molecule has 0 aromatic rings. The second-order valence-electron chi connectivity index (χ2n) is 6.98. The lowest BCUT2D eigenvalue weighted by Gasteiger charge is -2.45. The van der Waals surface area contributed by atoms with Crippen molar-refractivity contribution in [1.29, 1.82) is 0 Å². The monoisotopic (exact) mass is 314 g/mol. The fraction of sp³-hybridized carbons (Fsp3) is 0.611. The van der Waals surface area contributed by atoms with E-state index in [4.69, 9.17) is 9.83 Å². The SMILES string of the molecule is CON1C=C2C=NC3=C(N2C1)N(C1CCCCC1)CC(C)=C3C. The lowest BCUT2D eigenvalue weighted by Crippen LogP contribution is -2.47. The molecule has 3 heterocycles. The molecule has 0 unspecified atom stereocenters. The number of aliphatic imine (C=N–C) groups is 1. The lowest BCUT2D eigenvalue weighted by atomic mass is 9.91. The number of hydroxylamine groups is 2. The number of rotatable bonds is 2. The average molecular weight is 314 g/mol. The number of allylic oxidation sites excluding steroid dienone is 2. The summed E-state index contributed by atoms with van der Waals surface area (Å²) < 4.78 is 0. The summed E-state index contributed by atoms with van der Waals surface area (Å²) in [4.78, 5) is 15.2. The molecule has 23 heavy (non-hydrogen) atoms. The first-order valence-electron chi connectivity index (χ1n) is 8.71. The molecule has 0 amide bonds. The Balaban J connectivity index is 1.74. The van der Waals surface area contributed by atoms with E-state index in [-0.39, 0.29) is 0 Å². The second kappa shape index (κ2) is 5.71. The van der Waals surface area contributed by atoms with Gasteiger partial charge in [0.2, 0.25) is 0 Å². The van der Waals surface area contributed by atoms with Crippen LogP contribution < -0.4 is 0 Å². The summed E-state index contributed by atoms with van der Waals surface area (Å²) >= 11 is 0. The van der Waals surface area contributed by atoms with E-state index in [9.17, 15) is 0 Å². The van der Waals surface area contributed by atoms with Gasteiger partial charge in [0.1, 0.15) is 18.2 Å². The minimum Gasteiger partial charge on any atom is -0.349 e. The molecule has 0 atom stereocenters. The van der Waals surface area contributed by atoms with E-state index in [1.165, 1.54) is 49.1 Å². The minimum atomic E-state index is 0.642. The van der Waals surface area contributed by atoms with Gasteiger partial charge < -0.3 is 9.80 Å². The molecule has 0 aromatic heterocycles. The highest BCUT2D eigenvalue weighted by Gasteiger charge is 2.37. The number of hydrogen-bond acceptors (Lipinski definition) is 5. The molecule has 1 aliphatic carbocycles. The lowest BCUT2D eigenvalue weighted by molar-refractivity contribution is -0.0977. The van der Waals surface area contributed by atoms with E-state index in [0.717, 1.165) is 24.6 Å². The van der Waals surface area contributed by atoms with Crippen molar-refractivity contribution in [2.24, 2.45) is 4.99 Å². The quantitative estimate of drug-likeness (QED) is 0.783. The predicted molar refractivity (Wildman–Crippen MR) is 91.1 cm³/mol. The summed E-state index contributed by atoms with van der Waals surface area (Å²) in [5.74, 6) is 1.29. The molecule has 1 fully saturated rings. The minimum absolute atomic E-state index is 0.642. The Labute approximate surface area is 138 Å². The first-order chi connectivity index (χ1) is 11.2. The van der Waals surface area contributed by atoms with Gasteiger partial charge in [0.15, 0.2) is 0 Å². The predicted octanol–water partition coefficient (Wildman–Crippen LogP) is 3.20. The maximum absolute atomic E-state index is 5.41. The van der Waals surface area contributed by atoms with Crippen LogP contribution in [0.25, 0.3) is 0 Å². The highest BCUT2D eigenvalue weighted by molar-refractivity contribution is 5.82. The smallest absolute Gasteiger partial charge is 0.137 e. The normalized spacial score (nSPS) is 25.2. The van der Waals surface area contributed by atoms with Crippen LogP contribution in [0.3, 0.4) is 0 Å². The Morgan fingerprint density at radius 1 is 1.17 bits per heavy atom. The Morgan fingerprint density at radius 2 is 1.96 bits per heavy atom. The van der Waals surface area contributed by atoms with Gasteiger partial charge in [-0.25, -0.2) is 5.06 Å². The first-order valence-corrected chi connectivity index (χ1v) is 8.71. The summed E-state index contributed by atoms with van der Waals surface area (Å²) in [6, 6.07) is 0.642. The van der Waals surface area contributed by atoms with E-state index < -0.39 is 0 Å². The third kappa shape index (κ3) is 2.38. The third-order valence-electron chi connectivity index (χ3n) is 5.59. The van der Waals surface area contributed by atoms with Crippen LogP contribution in [0.2, 0.25) is 0 Å². The van der Waals surface area contributed by atoms with Crippen LogP contribution in [0.4, 0.5) is 0 Å². The van der Waals surface area contributed by atoms with Crippen molar-refractivity contribution in [2.75, 3.05) is 20.3 Å². The van der Waals surface area contributed by atoms with Gasteiger partial charge in [-0.3, -0.25) is 9.83 Å². The van der Waals surface area contributed by atoms with Crippen LogP contribution in [0.5, 0.6) is 0 Å². The van der Waals surface area contributed by atoms with Crippen LogP contribution in [-0.2, 0) is 4.84 Å². The van der Waals surface area contributed by atoms with Gasteiger partial charge in [-0.05, 0) is 37.8 Å². The van der Waals surface area contributed by atoms with Crippen molar-refractivity contribution >= 4 is 6.21 Å². The highest BCUT2D eigenvalue weighted by atomic mass is 16.7. The summed E-state index contributed by atoms with van der Waals surface area (Å²) in [6.07, 6.45) is 10.7. The molecular formula is C18H26N4O. The average Bonchev–Trinajstić information content (AvgIpc) is 3.02. The molecule has 0 aromatic carbocycles. The van der Waals surface area contributed by atoms with E-state index in [1.54, 1.807) is 7.11 Å². The molecule has 5 nitrogen and oxygen atoms in total. The molecule has 0 radical (unpaired) electrons. The van der Waals surface area contributed by atoms with Crippen molar-refractivity contribution in [2.45, 2.75) is 52.0 Å². The molecule has 4 rings (SSSR count). The summed E-state index contributed by atoms with van der Waals surface area (Å²) in [5.41, 5.74) is 5.05. The van der Waals surface area contributed by atoms with E-state index >= 15 is 0 Å². The van der Waals surface area contributed by atoms with Gasteiger partial charge in [0.05, 0.1) is 25.2 Å². The van der Waals surface area contributed by atoms with Crippen molar-refractivity contribution in [3.63, 3.8) is 0 Å². The third-order valence-corrected chi connectivity index (χ3v) is 5.59. The zero-order chi connectivity index (χ0) is 16.0. The van der Waals surface area contributed by atoms with Crippen LogP contribution >= 0.6 is 0 Å². The largest absolute Gasteiger partial charge is 0.349 e. The fourth-order valence-electron chi connectivity index (χ4n) is 4.10. The molecule has 5 heteroatoms. The van der Waals surface area contributed by atoms with Crippen LogP contribution in [0, 0.1) is 0 Å². The van der Waals surface area contributed by atoms with Crippen molar-refractivity contribution in [3.05, 3.63) is 34.6 Å². The van der Waals surface area contributed by atoms with Gasteiger partial charge in [-0.1, -0.05) is 19.3 Å². The van der Waals surface area contributed by atoms with Gasteiger partial charge in [-0.15, -0.1) is 0 Å². The molecule has 3 aliphatic heterocycles. The summed E-state index contributed by atoms with van der Waals surface area (Å²) in [6.45, 7) is 6.23. The molecule has 0 bridgehead atoms. The van der Waals surface area contributed by atoms with Crippen molar-refractivity contribution in [1.82, 2.24) is 14.9 Å². The molecule has 124 valence electrons. The maximum Gasteiger partial charge on any atom is 0.137 e. The molecular weight excluding hydrogens is 288 g/mol. The molecule has 0 saturated heterocycles. The first kappa shape index (κ1) is 14.8. The standard InChI is InChI=1S/C18H26N4O/c1-13-10-21(15-7-5-4-6-8-15)18-17(14(13)2)19-9-16-11-20(23-3)12-22(16)18/h9,11,15H,4-8,10,12H2,1-3H3. The van der Waals surface area contributed by atoms with Gasteiger partial charge in [-0.2, -0.15) is 0 Å². The van der Waals surface area contributed by atoms with Crippen LogP contribution in [-0.4, -0.2) is 47.4 Å².